The molecular weight excluding hydrogens is 442 g/mol. The first-order valence-electron chi connectivity index (χ1n) is 10.8. The molecule has 0 spiro atoms. The van der Waals surface area contributed by atoms with Crippen molar-refractivity contribution in [1.29, 1.82) is 0 Å². The van der Waals surface area contributed by atoms with Crippen molar-refractivity contribution in [2.24, 2.45) is 5.92 Å². The van der Waals surface area contributed by atoms with Gasteiger partial charge in [-0.2, -0.15) is 0 Å². The van der Waals surface area contributed by atoms with E-state index < -0.39 is 10.0 Å². The predicted molar refractivity (Wildman–Crippen MR) is 126 cm³/mol. The number of rotatable bonds is 10. The Bertz CT molecular complexity index is 1200. The largest absolute Gasteiger partial charge is 0.497 e. The van der Waals surface area contributed by atoms with Crippen LogP contribution in [0.2, 0.25) is 0 Å². The van der Waals surface area contributed by atoms with E-state index in [4.69, 9.17) is 9.15 Å². The SMILES string of the molecule is CCC(CC)C(=O)NCc1nc(-c2cccc(NS(=O)(=O)c3ccc(OC)cc3)c2)oc1C. The predicted octanol–water partition coefficient (Wildman–Crippen LogP) is 4.51. The van der Waals surface area contributed by atoms with Crippen molar-refractivity contribution in [3.8, 4) is 17.2 Å². The Morgan fingerprint density at radius 2 is 1.82 bits per heavy atom. The maximum atomic E-state index is 12.7. The van der Waals surface area contributed by atoms with Gasteiger partial charge in [0.2, 0.25) is 11.8 Å². The topological polar surface area (TPSA) is 111 Å². The Kier molecular flexibility index (Phi) is 7.75. The molecule has 3 aromatic rings. The first kappa shape index (κ1) is 24.3. The molecule has 0 aliphatic rings. The fourth-order valence-corrected chi connectivity index (χ4v) is 4.42. The fourth-order valence-electron chi connectivity index (χ4n) is 3.37. The van der Waals surface area contributed by atoms with Gasteiger partial charge in [-0.15, -0.1) is 0 Å². The van der Waals surface area contributed by atoms with Crippen LogP contribution in [-0.4, -0.2) is 26.4 Å². The van der Waals surface area contributed by atoms with E-state index in [1.165, 1.54) is 19.2 Å². The highest BCUT2D eigenvalue weighted by Gasteiger charge is 2.18. The van der Waals surface area contributed by atoms with Gasteiger partial charge in [0.25, 0.3) is 10.0 Å². The first-order chi connectivity index (χ1) is 15.8. The van der Waals surface area contributed by atoms with Crippen molar-refractivity contribution < 1.29 is 22.4 Å². The van der Waals surface area contributed by atoms with E-state index in [1.807, 2.05) is 13.8 Å². The summed E-state index contributed by atoms with van der Waals surface area (Å²) in [4.78, 5) is 16.9. The average Bonchev–Trinajstić information content (AvgIpc) is 3.19. The molecule has 0 unspecified atom stereocenters. The van der Waals surface area contributed by atoms with Crippen molar-refractivity contribution in [3.05, 3.63) is 60.0 Å². The molecule has 9 heteroatoms. The number of sulfonamides is 1. The van der Waals surface area contributed by atoms with Gasteiger partial charge in [0.05, 0.1) is 18.6 Å². The van der Waals surface area contributed by atoms with Crippen molar-refractivity contribution in [1.82, 2.24) is 10.3 Å². The lowest BCUT2D eigenvalue weighted by atomic mass is 10.0. The van der Waals surface area contributed by atoms with Gasteiger partial charge in [-0.25, -0.2) is 13.4 Å². The van der Waals surface area contributed by atoms with Gasteiger partial charge in [0, 0.05) is 17.2 Å². The van der Waals surface area contributed by atoms with Gasteiger partial charge in [-0.3, -0.25) is 9.52 Å². The van der Waals surface area contributed by atoms with Gasteiger partial charge < -0.3 is 14.5 Å². The fraction of sp³-hybridized carbons (Fsp3) is 0.333. The number of hydrogen-bond acceptors (Lipinski definition) is 6. The molecule has 0 radical (unpaired) electrons. The number of ether oxygens (including phenoxy) is 1. The van der Waals surface area contributed by atoms with Crippen LogP contribution in [0.25, 0.3) is 11.5 Å². The summed E-state index contributed by atoms with van der Waals surface area (Å²) in [5, 5.41) is 2.91. The molecule has 0 saturated carbocycles. The highest BCUT2D eigenvalue weighted by Crippen LogP contribution is 2.26. The van der Waals surface area contributed by atoms with Gasteiger partial charge >= 0.3 is 0 Å². The Labute approximate surface area is 194 Å². The van der Waals surface area contributed by atoms with Crippen molar-refractivity contribution >= 4 is 21.6 Å². The maximum absolute atomic E-state index is 12.7. The van der Waals surface area contributed by atoms with Crippen LogP contribution >= 0.6 is 0 Å². The minimum atomic E-state index is -3.78. The van der Waals surface area contributed by atoms with Crippen LogP contribution in [0.15, 0.2) is 57.8 Å². The number of carbonyl (C=O) groups excluding carboxylic acids is 1. The zero-order chi connectivity index (χ0) is 24.0. The normalized spacial score (nSPS) is 11.4. The second-order valence-corrected chi connectivity index (χ2v) is 9.30. The number of oxazole rings is 1. The molecule has 0 bridgehead atoms. The number of anilines is 1. The molecular formula is C24H29N3O5S. The molecule has 0 aliphatic heterocycles. The molecule has 0 aliphatic carbocycles. The quantitative estimate of drug-likeness (QED) is 0.450. The van der Waals surface area contributed by atoms with Crippen LogP contribution in [-0.2, 0) is 21.4 Å². The average molecular weight is 472 g/mol. The molecule has 0 fully saturated rings. The summed E-state index contributed by atoms with van der Waals surface area (Å²) >= 11 is 0. The van der Waals surface area contributed by atoms with Crippen LogP contribution in [0, 0.1) is 12.8 Å². The third-order valence-corrected chi connectivity index (χ3v) is 6.81. The minimum Gasteiger partial charge on any atom is -0.497 e. The summed E-state index contributed by atoms with van der Waals surface area (Å²) in [6.07, 6.45) is 1.56. The van der Waals surface area contributed by atoms with Crippen molar-refractivity contribution in [2.75, 3.05) is 11.8 Å². The third kappa shape index (κ3) is 5.92. The Hall–Kier alpha value is -3.33. The van der Waals surface area contributed by atoms with Crippen LogP contribution in [0.5, 0.6) is 5.75 Å². The van der Waals surface area contributed by atoms with E-state index in [0.717, 1.165) is 12.8 Å². The molecule has 0 atom stereocenters. The van der Waals surface area contributed by atoms with E-state index in [0.29, 0.717) is 34.3 Å². The number of benzene rings is 2. The summed E-state index contributed by atoms with van der Waals surface area (Å²) in [5.74, 6) is 1.50. The number of hydrogen-bond donors (Lipinski definition) is 2. The highest BCUT2D eigenvalue weighted by atomic mass is 32.2. The van der Waals surface area contributed by atoms with Crippen LogP contribution in [0.4, 0.5) is 5.69 Å². The van der Waals surface area contributed by atoms with Gasteiger partial charge in [-0.1, -0.05) is 19.9 Å². The van der Waals surface area contributed by atoms with Crippen LogP contribution < -0.4 is 14.8 Å². The molecule has 1 aromatic heterocycles. The molecule has 1 amide bonds. The van der Waals surface area contributed by atoms with Gasteiger partial charge in [-0.05, 0) is 62.2 Å². The number of nitrogens with zero attached hydrogens (tertiary/aromatic N) is 1. The van der Waals surface area contributed by atoms with E-state index >= 15 is 0 Å². The molecule has 2 aromatic carbocycles. The zero-order valence-electron chi connectivity index (χ0n) is 19.2. The number of methoxy groups -OCH3 is 1. The number of amides is 1. The summed E-state index contributed by atoms with van der Waals surface area (Å²) in [5.41, 5.74) is 1.63. The second kappa shape index (κ2) is 10.5. The van der Waals surface area contributed by atoms with Crippen LogP contribution in [0.3, 0.4) is 0 Å². The number of nitrogens with one attached hydrogen (secondary N) is 2. The first-order valence-corrected chi connectivity index (χ1v) is 12.3. The minimum absolute atomic E-state index is 0.00103. The number of carbonyl (C=O) groups is 1. The molecule has 1 heterocycles. The Morgan fingerprint density at radius 3 is 2.45 bits per heavy atom. The van der Waals surface area contributed by atoms with E-state index in [2.05, 4.69) is 15.0 Å². The second-order valence-electron chi connectivity index (χ2n) is 7.61. The molecule has 176 valence electrons. The molecule has 8 nitrogen and oxygen atoms in total. The molecule has 3 rings (SSSR count). The Balaban J connectivity index is 1.75. The highest BCUT2D eigenvalue weighted by molar-refractivity contribution is 7.92. The number of aryl methyl sites for hydroxylation is 1. The summed E-state index contributed by atoms with van der Waals surface area (Å²) < 4.78 is 38.9. The number of aromatic nitrogens is 1. The van der Waals surface area contributed by atoms with Gasteiger partial charge in [0.15, 0.2) is 0 Å². The third-order valence-electron chi connectivity index (χ3n) is 5.41. The molecule has 0 saturated heterocycles. The monoisotopic (exact) mass is 471 g/mol. The molecule has 33 heavy (non-hydrogen) atoms. The zero-order valence-corrected chi connectivity index (χ0v) is 20.0. The lowest BCUT2D eigenvalue weighted by Gasteiger charge is -2.11. The van der Waals surface area contributed by atoms with E-state index in [1.54, 1.807) is 43.3 Å². The Morgan fingerprint density at radius 1 is 1.12 bits per heavy atom. The van der Waals surface area contributed by atoms with E-state index in [9.17, 15) is 13.2 Å². The van der Waals surface area contributed by atoms with Crippen molar-refractivity contribution in [3.63, 3.8) is 0 Å². The standard InChI is InChI=1S/C24H29N3O5S/c1-5-17(6-2)23(28)25-15-22-16(3)32-24(26-22)18-8-7-9-19(14-18)27-33(29,30)21-12-10-20(31-4)11-13-21/h7-14,17,27H,5-6,15H2,1-4H3,(H,25,28). The lowest BCUT2D eigenvalue weighted by molar-refractivity contribution is -0.125. The summed E-state index contributed by atoms with van der Waals surface area (Å²) in [6.45, 7) is 6.03. The molecule has 2 N–H and O–H groups in total. The summed E-state index contributed by atoms with van der Waals surface area (Å²) in [7, 11) is -2.26. The van der Waals surface area contributed by atoms with Gasteiger partial charge in [0.1, 0.15) is 17.2 Å². The summed E-state index contributed by atoms with van der Waals surface area (Å²) in [6, 6.07) is 12.9. The maximum Gasteiger partial charge on any atom is 0.261 e. The smallest absolute Gasteiger partial charge is 0.261 e. The van der Waals surface area contributed by atoms with E-state index in [-0.39, 0.29) is 23.3 Å². The lowest BCUT2D eigenvalue weighted by Crippen LogP contribution is -2.29. The van der Waals surface area contributed by atoms with Crippen molar-refractivity contribution in [2.45, 2.75) is 45.1 Å². The van der Waals surface area contributed by atoms with Crippen LogP contribution in [0.1, 0.15) is 38.1 Å².